The van der Waals surface area contributed by atoms with E-state index in [2.05, 4.69) is 0 Å². The lowest BCUT2D eigenvalue weighted by molar-refractivity contribution is -0.140. The highest BCUT2D eigenvalue weighted by atomic mass is 16.3. The molecule has 36 heavy (non-hydrogen) atoms. The number of fused-ring (bicyclic) bond motifs is 4. The maximum Gasteiger partial charge on any atom is 0.233 e. The molecule has 2 aromatic rings. The maximum absolute atomic E-state index is 13.6. The Labute approximate surface area is 209 Å². The number of nitrogens with zero attached hydrogens (tertiary/aromatic N) is 1. The topological polar surface area (TPSA) is 91.8 Å². The molecular weight excluding hydrogens is 454 g/mol. The molecule has 0 bridgehead atoms. The summed E-state index contributed by atoms with van der Waals surface area (Å²) in [5.41, 5.74) is 2.61. The largest absolute Gasteiger partial charge is 0.508 e. The van der Waals surface area contributed by atoms with Crippen LogP contribution in [0.1, 0.15) is 44.6 Å². The van der Waals surface area contributed by atoms with Crippen LogP contribution in [-0.2, 0) is 19.2 Å². The first-order valence-corrected chi connectivity index (χ1v) is 12.6. The summed E-state index contributed by atoms with van der Waals surface area (Å²) in [7, 11) is 0. The smallest absolute Gasteiger partial charge is 0.233 e. The van der Waals surface area contributed by atoms with Gasteiger partial charge in [0.2, 0.25) is 11.8 Å². The maximum atomic E-state index is 13.6. The number of aromatic hydroxyl groups is 1. The zero-order chi connectivity index (χ0) is 25.3. The summed E-state index contributed by atoms with van der Waals surface area (Å²) in [5.74, 6) is -2.77. The minimum atomic E-state index is -0.658. The lowest BCUT2D eigenvalue weighted by atomic mass is 9.59. The van der Waals surface area contributed by atoms with Crippen LogP contribution in [0.2, 0.25) is 0 Å². The number of allylic oxidation sites excluding steroid dienone is 6. The standard InChI is InChI=1S/C30H27NO5/c1-3-12-31-29(35)19-10-9-18-20(24(19)30(31)36)14-21-23(33)13-15(2)28(34)27(21)26(18)25-17-7-5-4-6-16(17)8-11-22(25)32/h4-9,11,13,19-20,24,26,32H,3,10,12,14H2,1-2H3/t19-,20+,24-,26+/m0/s1. The average molecular weight is 482 g/mol. The summed E-state index contributed by atoms with van der Waals surface area (Å²) in [6.45, 7) is 3.96. The number of rotatable bonds is 3. The van der Waals surface area contributed by atoms with Crippen LogP contribution in [0.5, 0.6) is 5.75 Å². The SMILES string of the molecule is CCCN1C(=O)[C@H]2[C@H](CC=C3[C@H](c4c(O)ccc5ccccc45)C4=C(C[C@H]32)C(=O)C=C(C)C4=O)C1=O. The Morgan fingerprint density at radius 2 is 1.78 bits per heavy atom. The van der Waals surface area contributed by atoms with Gasteiger partial charge in [-0.25, -0.2) is 0 Å². The third-order valence-corrected chi connectivity index (χ3v) is 8.34. The van der Waals surface area contributed by atoms with Gasteiger partial charge in [0.15, 0.2) is 11.6 Å². The molecule has 0 saturated carbocycles. The van der Waals surface area contributed by atoms with Crippen molar-refractivity contribution in [2.24, 2.45) is 17.8 Å². The Morgan fingerprint density at radius 3 is 2.56 bits per heavy atom. The van der Waals surface area contributed by atoms with Crippen molar-refractivity contribution in [3.05, 3.63) is 76.4 Å². The molecule has 0 spiro atoms. The van der Waals surface area contributed by atoms with Crippen molar-refractivity contribution in [3.8, 4) is 5.75 Å². The third kappa shape index (κ3) is 3.03. The van der Waals surface area contributed by atoms with Crippen LogP contribution >= 0.6 is 0 Å². The molecule has 182 valence electrons. The highest BCUT2D eigenvalue weighted by Gasteiger charge is 2.56. The van der Waals surface area contributed by atoms with Crippen LogP contribution in [0.15, 0.2) is 70.8 Å². The van der Waals surface area contributed by atoms with E-state index in [1.807, 2.05) is 43.3 Å². The second-order valence-electron chi connectivity index (χ2n) is 10.3. The first-order valence-electron chi connectivity index (χ1n) is 12.6. The van der Waals surface area contributed by atoms with Crippen molar-refractivity contribution < 1.29 is 24.3 Å². The van der Waals surface area contributed by atoms with Crippen molar-refractivity contribution in [2.75, 3.05) is 6.54 Å². The summed E-state index contributed by atoms with van der Waals surface area (Å²) in [6.07, 6.45) is 4.70. The van der Waals surface area contributed by atoms with E-state index in [-0.39, 0.29) is 41.5 Å². The van der Waals surface area contributed by atoms with Crippen molar-refractivity contribution >= 4 is 34.2 Å². The monoisotopic (exact) mass is 481 g/mol. The van der Waals surface area contributed by atoms with Gasteiger partial charge in [-0.05, 0) is 55.0 Å². The average Bonchev–Trinajstić information content (AvgIpc) is 3.11. The molecule has 6 heteroatoms. The lowest BCUT2D eigenvalue weighted by Crippen LogP contribution is -2.40. The van der Waals surface area contributed by atoms with E-state index >= 15 is 0 Å². The Morgan fingerprint density at radius 1 is 1.00 bits per heavy atom. The number of phenols is 1. The van der Waals surface area contributed by atoms with Gasteiger partial charge in [-0.3, -0.25) is 24.1 Å². The Hall–Kier alpha value is -3.80. The molecule has 0 aromatic heterocycles. The van der Waals surface area contributed by atoms with Gasteiger partial charge in [0.25, 0.3) is 0 Å². The molecule has 2 amide bonds. The number of carbonyl (C=O) groups excluding carboxylic acids is 4. The number of benzene rings is 2. The van der Waals surface area contributed by atoms with Gasteiger partial charge < -0.3 is 5.11 Å². The van der Waals surface area contributed by atoms with E-state index in [9.17, 15) is 24.3 Å². The molecule has 3 aliphatic carbocycles. The second kappa shape index (κ2) is 8.12. The number of ketones is 2. The van der Waals surface area contributed by atoms with Crippen molar-refractivity contribution in [3.63, 3.8) is 0 Å². The van der Waals surface area contributed by atoms with E-state index in [0.29, 0.717) is 41.7 Å². The van der Waals surface area contributed by atoms with Gasteiger partial charge in [0.05, 0.1) is 11.8 Å². The predicted molar refractivity (Wildman–Crippen MR) is 134 cm³/mol. The van der Waals surface area contributed by atoms with Crippen LogP contribution in [-0.4, -0.2) is 39.9 Å². The van der Waals surface area contributed by atoms with Gasteiger partial charge >= 0.3 is 0 Å². The number of hydrogen-bond donors (Lipinski definition) is 1. The van der Waals surface area contributed by atoms with Gasteiger partial charge in [0.1, 0.15) is 5.75 Å². The fraction of sp³-hybridized carbons (Fsp3) is 0.333. The van der Waals surface area contributed by atoms with Crippen LogP contribution in [0, 0.1) is 17.8 Å². The Balaban J connectivity index is 1.60. The number of phenolic OH excluding ortho intramolecular Hbond substituents is 1. The molecule has 0 unspecified atom stereocenters. The first-order chi connectivity index (χ1) is 17.3. The van der Waals surface area contributed by atoms with Gasteiger partial charge in [0, 0.05) is 34.7 Å². The molecule has 4 aliphatic rings. The van der Waals surface area contributed by atoms with Gasteiger partial charge in [-0.15, -0.1) is 0 Å². The molecule has 4 atom stereocenters. The molecule has 0 radical (unpaired) electrons. The van der Waals surface area contributed by atoms with Gasteiger partial charge in [-0.1, -0.05) is 48.9 Å². The van der Waals surface area contributed by atoms with E-state index in [1.54, 1.807) is 13.0 Å². The molecule has 6 rings (SSSR count). The molecule has 1 aliphatic heterocycles. The quantitative estimate of drug-likeness (QED) is 0.399. The summed E-state index contributed by atoms with van der Waals surface area (Å²) in [6, 6.07) is 11.1. The Kier molecular flexibility index (Phi) is 5.11. The number of Topliss-reactive ketones (excluding diaryl/α,β-unsaturated/α-hetero) is 1. The molecule has 1 N–H and O–H groups in total. The summed E-state index contributed by atoms with van der Waals surface area (Å²) in [5, 5.41) is 12.9. The molecule has 2 aromatic carbocycles. The molecular formula is C30H27NO5. The van der Waals surface area contributed by atoms with Crippen molar-refractivity contribution in [1.82, 2.24) is 4.90 Å². The molecule has 1 heterocycles. The van der Waals surface area contributed by atoms with Crippen molar-refractivity contribution in [2.45, 2.75) is 39.0 Å². The fourth-order valence-electron chi connectivity index (χ4n) is 6.79. The Bertz CT molecular complexity index is 1480. The minimum absolute atomic E-state index is 0.0445. The number of hydrogen-bond acceptors (Lipinski definition) is 5. The van der Waals surface area contributed by atoms with Gasteiger partial charge in [-0.2, -0.15) is 0 Å². The normalized spacial score (nSPS) is 27.7. The summed E-state index contributed by atoms with van der Waals surface area (Å²) in [4.78, 5) is 54.9. The van der Waals surface area contributed by atoms with E-state index < -0.39 is 17.8 Å². The number of imide groups is 1. The third-order valence-electron chi connectivity index (χ3n) is 8.34. The summed E-state index contributed by atoms with van der Waals surface area (Å²) >= 11 is 0. The van der Waals surface area contributed by atoms with E-state index in [1.165, 1.54) is 11.0 Å². The fourth-order valence-corrected chi connectivity index (χ4v) is 6.79. The molecule has 1 saturated heterocycles. The lowest BCUT2D eigenvalue weighted by Gasteiger charge is -2.42. The number of amides is 2. The number of likely N-dealkylation sites (tertiary alicyclic amines) is 1. The minimum Gasteiger partial charge on any atom is -0.508 e. The first kappa shape index (κ1) is 22.7. The van der Waals surface area contributed by atoms with Crippen LogP contribution < -0.4 is 0 Å². The van der Waals surface area contributed by atoms with Crippen LogP contribution in [0.4, 0.5) is 0 Å². The highest BCUT2D eigenvalue weighted by Crippen LogP contribution is 2.57. The molecule has 6 nitrogen and oxygen atoms in total. The zero-order valence-corrected chi connectivity index (χ0v) is 20.3. The van der Waals surface area contributed by atoms with Crippen LogP contribution in [0.3, 0.4) is 0 Å². The van der Waals surface area contributed by atoms with Crippen LogP contribution in [0.25, 0.3) is 10.8 Å². The highest BCUT2D eigenvalue weighted by molar-refractivity contribution is 6.24. The molecule has 1 fully saturated rings. The van der Waals surface area contributed by atoms with Crippen molar-refractivity contribution in [1.29, 1.82) is 0 Å². The predicted octanol–water partition coefficient (Wildman–Crippen LogP) is 4.38. The summed E-state index contributed by atoms with van der Waals surface area (Å²) < 4.78 is 0. The zero-order valence-electron chi connectivity index (χ0n) is 20.3. The second-order valence-corrected chi connectivity index (χ2v) is 10.3. The number of carbonyl (C=O) groups is 4. The van der Waals surface area contributed by atoms with E-state index in [0.717, 1.165) is 16.3 Å². The van der Waals surface area contributed by atoms with E-state index in [4.69, 9.17) is 0 Å².